The molecule has 0 fully saturated rings. The van der Waals surface area contributed by atoms with Crippen molar-refractivity contribution in [3.63, 3.8) is 0 Å². The fraction of sp³-hybridized carbons (Fsp3) is 0.462. The van der Waals surface area contributed by atoms with Crippen LogP contribution in [0.3, 0.4) is 0 Å². The van der Waals surface area contributed by atoms with Gasteiger partial charge in [-0.1, -0.05) is 45.5 Å². The summed E-state index contributed by atoms with van der Waals surface area (Å²) in [7, 11) is 0. The fourth-order valence-corrected chi connectivity index (χ4v) is 1.44. The lowest BCUT2D eigenvalue weighted by atomic mass is 10.0. The minimum atomic E-state index is -0.776. The predicted octanol–water partition coefficient (Wildman–Crippen LogP) is 3.15. The van der Waals surface area contributed by atoms with Crippen molar-refractivity contribution in [1.82, 2.24) is 0 Å². The monoisotopic (exact) mass is 208 g/mol. The first kappa shape index (κ1) is 13.7. The number of carboxylic acids is 1. The molecule has 0 aliphatic heterocycles. The quantitative estimate of drug-likeness (QED) is 0.825. The van der Waals surface area contributed by atoms with E-state index in [-0.39, 0.29) is 13.8 Å². The first-order valence-electron chi connectivity index (χ1n) is 4.87. The van der Waals surface area contributed by atoms with Gasteiger partial charge < -0.3 is 5.11 Å². The molecular formula is C13H20O2. The molecule has 0 saturated carbocycles. The van der Waals surface area contributed by atoms with Crippen molar-refractivity contribution in [2.75, 3.05) is 0 Å². The summed E-state index contributed by atoms with van der Waals surface area (Å²) in [6.07, 6.45) is 1.16. The van der Waals surface area contributed by atoms with E-state index in [2.05, 4.69) is 13.8 Å². The molecule has 1 rings (SSSR count). The van der Waals surface area contributed by atoms with E-state index in [0.29, 0.717) is 5.92 Å². The third kappa shape index (κ3) is 5.21. The summed E-state index contributed by atoms with van der Waals surface area (Å²) in [6, 6.07) is 7.81. The lowest BCUT2D eigenvalue weighted by Crippen LogP contribution is -2.00. The molecule has 0 aromatic heterocycles. The Morgan fingerprint density at radius 2 is 1.67 bits per heavy atom. The molecule has 0 heterocycles. The molecule has 2 nitrogen and oxygen atoms in total. The van der Waals surface area contributed by atoms with Gasteiger partial charge in [-0.3, -0.25) is 4.79 Å². The summed E-state index contributed by atoms with van der Waals surface area (Å²) in [5.41, 5.74) is 2.14. The summed E-state index contributed by atoms with van der Waals surface area (Å²) in [5, 5.41) is 8.58. The summed E-state index contributed by atoms with van der Waals surface area (Å²) in [6.45, 7) is 4.34. The van der Waals surface area contributed by atoms with E-state index in [1.54, 1.807) is 0 Å². The highest BCUT2D eigenvalue weighted by Crippen LogP contribution is 2.10. The van der Waals surface area contributed by atoms with Crippen LogP contribution in [0.15, 0.2) is 24.3 Å². The minimum Gasteiger partial charge on any atom is -0.481 e. The molecule has 0 aliphatic carbocycles. The molecule has 0 saturated heterocycles. The molecule has 0 aliphatic rings. The van der Waals surface area contributed by atoms with Crippen LogP contribution in [0.1, 0.15) is 32.4 Å². The normalized spacial score (nSPS) is 9.80. The van der Waals surface area contributed by atoms with E-state index in [1.165, 1.54) is 5.56 Å². The molecule has 0 radical (unpaired) electrons. The Bertz CT molecular complexity index is 299. The van der Waals surface area contributed by atoms with E-state index in [4.69, 9.17) is 5.11 Å². The van der Waals surface area contributed by atoms with Crippen LogP contribution in [0, 0.1) is 5.92 Å². The van der Waals surface area contributed by atoms with Crippen LogP contribution in [0.25, 0.3) is 0 Å². The van der Waals surface area contributed by atoms with Gasteiger partial charge in [0.1, 0.15) is 0 Å². The molecule has 0 atom stereocenters. The van der Waals surface area contributed by atoms with E-state index in [0.717, 1.165) is 12.0 Å². The molecule has 1 aromatic carbocycles. The Labute approximate surface area is 91.9 Å². The van der Waals surface area contributed by atoms with Gasteiger partial charge in [-0.2, -0.15) is 0 Å². The second-order valence-electron chi connectivity index (χ2n) is 3.98. The maximum absolute atomic E-state index is 10.4. The molecule has 2 heteroatoms. The van der Waals surface area contributed by atoms with Gasteiger partial charge in [0.2, 0.25) is 0 Å². The van der Waals surface area contributed by atoms with E-state index < -0.39 is 5.97 Å². The number of aliphatic carboxylic acids is 1. The van der Waals surface area contributed by atoms with Crippen molar-refractivity contribution in [2.24, 2.45) is 5.92 Å². The second-order valence-corrected chi connectivity index (χ2v) is 3.98. The average Bonchev–Trinajstić information content (AvgIpc) is 2.06. The molecule has 84 valence electrons. The smallest absolute Gasteiger partial charge is 0.307 e. The number of carbonyl (C=O) groups is 1. The highest BCUT2D eigenvalue weighted by Gasteiger charge is 2.01. The molecule has 0 spiro atoms. The number of hydrogen-bond acceptors (Lipinski definition) is 1. The van der Waals surface area contributed by atoms with Crippen LogP contribution >= 0.6 is 0 Å². The highest BCUT2D eigenvalue weighted by molar-refractivity contribution is 5.70. The summed E-state index contributed by atoms with van der Waals surface area (Å²) in [4.78, 5) is 10.4. The lowest BCUT2D eigenvalue weighted by Gasteiger charge is -2.05. The number of benzene rings is 1. The Balaban J connectivity index is 0.00000196. The van der Waals surface area contributed by atoms with Crippen LogP contribution in [0.5, 0.6) is 0 Å². The van der Waals surface area contributed by atoms with Crippen LogP contribution in [0.4, 0.5) is 0 Å². The van der Waals surface area contributed by atoms with Gasteiger partial charge in [-0.05, 0) is 23.5 Å². The first-order valence-corrected chi connectivity index (χ1v) is 4.87. The fourth-order valence-electron chi connectivity index (χ4n) is 1.44. The summed E-state index contributed by atoms with van der Waals surface area (Å²) in [5.74, 6) is -0.137. The Morgan fingerprint density at radius 1 is 1.20 bits per heavy atom. The van der Waals surface area contributed by atoms with E-state index in [1.807, 2.05) is 24.3 Å². The topological polar surface area (TPSA) is 37.3 Å². The minimum absolute atomic E-state index is 0. The summed E-state index contributed by atoms with van der Waals surface area (Å²) >= 11 is 0. The highest BCUT2D eigenvalue weighted by atomic mass is 16.4. The maximum atomic E-state index is 10.4. The van der Waals surface area contributed by atoms with Crippen molar-refractivity contribution in [1.29, 1.82) is 0 Å². The Kier molecular flexibility index (Phi) is 5.68. The average molecular weight is 208 g/mol. The standard InChI is InChI=1S/C12H16O2.CH4/c1-9(2)7-10-3-5-11(6-4-10)8-12(13)14;/h3-6,9H,7-8H2,1-2H3,(H,13,14);1H4. The molecule has 15 heavy (non-hydrogen) atoms. The Hall–Kier alpha value is -1.31. The molecule has 0 unspecified atom stereocenters. The zero-order valence-corrected chi connectivity index (χ0v) is 8.66. The summed E-state index contributed by atoms with van der Waals surface area (Å²) < 4.78 is 0. The molecule has 1 N–H and O–H groups in total. The molecule has 1 aromatic rings. The van der Waals surface area contributed by atoms with Crippen molar-refractivity contribution >= 4 is 5.97 Å². The largest absolute Gasteiger partial charge is 0.481 e. The van der Waals surface area contributed by atoms with E-state index >= 15 is 0 Å². The number of carboxylic acid groups (broad SMARTS) is 1. The third-order valence-corrected chi connectivity index (χ3v) is 2.02. The van der Waals surface area contributed by atoms with Gasteiger partial charge in [-0.15, -0.1) is 0 Å². The van der Waals surface area contributed by atoms with Gasteiger partial charge in [0.05, 0.1) is 6.42 Å². The van der Waals surface area contributed by atoms with Crippen LogP contribution in [0.2, 0.25) is 0 Å². The molecule has 0 amide bonds. The zero-order chi connectivity index (χ0) is 10.6. The maximum Gasteiger partial charge on any atom is 0.307 e. The second kappa shape index (κ2) is 6.23. The molecular weight excluding hydrogens is 188 g/mol. The number of rotatable bonds is 4. The lowest BCUT2D eigenvalue weighted by molar-refractivity contribution is -0.136. The zero-order valence-electron chi connectivity index (χ0n) is 8.66. The van der Waals surface area contributed by atoms with Crippen molar-refractivity contribution in [2.45, 2.75) is 34.1 Å². The van der Waals surface area contributed by atoms with E-state index in [9.17, 15) is 4.79 Å². The Morgan fingerprint density at radius 3 is 2.07 bits per heavy atom. The van der Waals surface area contributed by atoms with Crippen LogP contribution in [-0.4, -0.2) is 11.1 Å². The molecule has 0 bridgehead atoms. The van der Waals surface area contributed by atoms with Crippen molar-refractivity contribution in [3.05, 3.63) is 35.4 Å². The first-order chi connectivity index (χ1) is 6.58. The SMILES string of the molecule is C.CC(C)Cc1ccc(CC(=O)O)cc1. The van der Waals surface area contributed by atoms with Crippen LogP contribution < -0.4 is 0 Å². The number of hydrogen-bond donors (Lipinski definition) is 1. The van der Waals surface area contributed by atoms with Crippen LogP contribution in [-0.2, 0) is 17.6 Å². The van der Waals surface area contributed by atoms with Gasteiger partial charge in [0.25, 0.3) is 0 Å². The van der Waals surface area contributed by atoms with Gasteiger partial charge >= 0.3 is 5.97 Å². The van der Waals surface area contributed by atoms with Crippen molar-refractivity contribution in [3.8, 4) is 0 Å². The predicted molar refractivity (Wildman–Crippen MR) is 63.1 cm³/mol. The van der Waals surface area contributed by atoms with Gasteiger partial charge in [-0.25, -0.2) is 0 Å². The third-order valence-electron chi connectivity index (χ3n) is 2.02. The van der Waals surface area contributed by atoms with Crippen molar-refractivity contribution < 1.29 is 9.90 Å². The van der Waals surface area contributed by atoms with Gasteiger partial charge in [0, 0.05) is 0 Å². The van der Waals surface area contributed by atoms with Gasteiger partial charge in [0.15, 0.2) is 0 Å².